The van der Waals surface area contributed by atoms with Crippen molar-refractivity contribution in [2.75, 3.05) is 44.2 Å². The average Bonchev–Trinajstić information content (AvgIpc) is 3.08. The van der Waals surface area contributed by atoms with Crippen molar-refractivity contribution in [2.45, 2.75) is 45.4 Å². The van der Waals surface area contributed by atoms with E-state index in [2.05, 4.69) is 32.0 Å². The predicted molar refractivity (Wildman–Crippen MR) is 109 cm³/mol. The Balaban J connectivity index is 1.05. The summed E-state index contributed by atoms with van der Waals surface area (Å²) in [5.41, 5.74) is 0.435. The maximum atomic E-state index is 13.1. The molecule has 6 nitrogen and oxygen atoms in total. The molecule has 0 radical (unpaired) electrons. The van der Waals surface area contributed by atoms with Crippen LogP contribution in [0.5, 0.6) is 0 Å². The van der Waals surface area contributed by atoms with E-state index >= 15 is 0 Å². The molecule has 4 saturated carbocycles. The largest absolute Gasteiger partial charge is 0.356 e. The zero-order valence-corrected chi connectivity index (χ0v) is 17.1. The summed E-state index contributed by atoms with van der Waals surface area (Å²) in [5, 5.41) is 3.32. The molecule has 0 spiro atoms. The summed E-state index contributed by atoms with van der Waals surface area (Å²) < 4.78 is 0. The fraction of sp³-hybridized carbons (Fsp3) is 0.773. The topological polar surface area (TPSA) is 61.4 Å². The molecular formula is C22H33N5O. The van der Waals surface area contributed by atoms with E-state index in [1.54, 1.807) is 12.4 Å². The van der Waals surface area contributed by atoms with Crippen LogP contribution in [0.4, 0.5) is 5.95 Å². The third-order valence-electron chi connectivity index (χ3n) is 7.91. The Bertz CT molecular complexity index is 719. The first-order valence-corrected chi connectivity index (χ1v) is 11.1. The lowest BCUT2D eigenvalue weighted by Crippen LogP contribution is -2.48. The lowest BCUT2D eigenvalue weighted by Gasteiger charge is -2.37. The van der Waals surface area contributed by atoms with Crippen LogP contribution in [-0.4, -0.2) is 60.0 Å². The van der Waals surface area contributed by atoms with E-state index in [4.69, 9.17) is 0 Å². The van der Waals surface area contributed by atoms with Gasteiger partial charge < -0.3 is 10.2 Å². The number of amides is 1. The van der Waals surface area contributed by atoms with Gasteiger partial charge in [0.2, 0.25) is 11.9 Å². The number of nitrogens with one attached hydrogen (secondary N) is 1. The van der Waals surface area contributed by atoms with Crippen LogP contribution in [0, 0.1) is 22.7 Å². The smallest absolute Gasteiger partial charge is 0.226 e. The Morgan fingerprint density at radius 2 is 1.96 bits per heavy atom. The van der Waals surface area contributed by atoms with Crippen LogP contribution in [0.25, 0.3) is 0 Å². The molecule has 28 heavy (non-hydrogen) atoms. The quantitative estimate of drug-likeness (QED) is 0.764. The molecule has 2 heterocycles. The number of anilines is 1. The summed E-state index contributed by atoms with van der Waals surface area (Å²) in [7, 11) is 0. The van der Waals surface area contributed by atoms with Crippen LogP contribution in [0.2, 0.25) is 0 Å². The average molecular weight is 384 g/mol. The van der Waals surface area contributed by atoms with E-state index < -0.39 is 0 Å². The van der Waals surface area contributed by atoms with Gasteiger partial charge in [-0.05, 0) is 68.4 Å². The van der Waals surface area contributed by atoms with Gasteiger partial charge >= 0.3 is 0 Å². The van der Waals surface area contributed by atoms with Gasteiger partial charge in [-0.25, -0.2) is 9.97 Å². The minimum absolute atomic E-state index is 0.0149. The molecule has 152 valence electrons. The Morgan fingerprint density at radius 1 is 1.18 bits per heavy atom. The summed E-state index contributed by atoms with van der Waals surface area (Å²) in [5.74, 6) is 2.68. The van der Waals surface area contributed by atoms with Gasteiger partial charge in [-0.1, -0.05) is 6.92 Å². The van der Waals surface area contributed by atoms with Gasteiger partial charge in [-0.2, -0.15) is 0 Å². The summed E-state index contributed by atoms with van der Waals surface area (Å²) in [4.78, 5) is 26.5. The summed E-state index contributed by atoms with van der Waals surface area (Å²) >= 11 is 0. The lowest BCUT2D eigenvalue weighted by atomic mass is 9.68. The van der Waals surface area contributed by atoms with Crippen LogP contribution < -0.4 is 10.2 Å². The van der Waals surface area contributed by atoms with Crippen molar-refractivity contribution in [3.05, 3.63) is 18.5 Å². The van der Waals surface area contributed by atoms with Crippen molar-refractivity contribution in [1.29, 1.82) is 0 Å². The highest BCUT2D eigenvalue weighted by Crippen LogP contribution is 2.70. The molecule has 6 heteroatoms. The first-order valence-electron chi connectivity index (χ1n) is 11.1. The van der Waals surface area contributed by atoms with Crippen LogP contribution >= 0.6 is 0 Å². The molecule has 1 aromatic heterocycles. The van der Waals surface area contributed by atoms with Crippen LogP contribution in [-0.2, 0) is 4.79 Å². The number of hydrogen-bond acceptors (Lipinski definition) is 5. The Kier molecular flexibility index (Phi) is 4.57. The van der Waals surface area contributed by atoms with E-state index in [1.807, 2.05) is 6.07 Å². The molecule has 1 amide bonds. The van der Waals surface area contributed by atoms with Gasteiger partial charge in [-0.3, -0.25) is 9.69 Å². The highest BCUT2D eigenvalue weighted by molar-refractivity contribution is 5.84. The number of nitrogens with zero attached hydrogens (tertiary/aromatic N) is 4. The highest BCUT2D eigenvalue weighted by Gasteiger charge is 2.65. The minimum Gasteiger partial charge on any atom is -0.356 e. The van der Waals surface area contributed by atoms with E-state index in [1.165, 1.54) is 19.3 Å². The first kappa shape index (κ1) is 18.3. The van der Waals surface area contributed by atoms with E-state index in [0.29, 0.717) is 17.2 Å². The SMILES string of the molecule is CC12CC3CC(C1)C(C(=O)NCCCN1CCN(c4ncccn4)CC1)(C3)C2. The number of piperazine rings is 1. The number of carbonyl (C=O) groups is 1. The molecule has 4 unspecified atom stereocenters. The van der Waals surface area contributed by atoms with Gasteiger partial charge in [0.1, 0.15) is 0 Å². The zero-order valence-electron chi connectivity index (χ0n) is 17.1. The molecular weight excluding hydrogens is 350 g/mol. The van der Waals surface area contributed by atoms with Crippen molar-refractivity contribution < 1.29 is 4.79 Å². The Labute approximate surface area is 168 Å². The molecule has 1 aliphatic heterocycles. The van der Waals surface area contributed by atoms with Crippen molar-refractivity contribution in [1.82, 2.24) is 20.2 Å². The molecule has 1 saturated heterocycles. The third kappa shape index (κ3) is 3.19. The van der Waals surface area contributed by atoms with Crippen LogP contribution in [0.3, 0.4) is 0 Å². The molecule has 1 N–H and O–H groups in total. The first-order chi connectivity index (χ1) is 13.6. The number of aromatic nitrogens is 2. The van der Waals surface area contributed by atoms with Crippen molar-refractivity contribution in [3.8, 4) is 0 Å². The second-order valence-corrected chi connectivity index (χ2v) is 10.0. The van der Waals surface area contributed by atoms with Crippen LogP contribution in [0.15, 0.2) is 18.5 Å². The zero-order chi connectivity index (χ0) is 19.2. The standard InChI is InChI=1S/C22H33N5O/c1-21-13-17-12-18(15-21)22(14-17,16-21)19(28)23-6-3-7-26-8-10-27(11-9-26)20-24-4-2-5-25-20/h2,4-5,17-18H,3,6-16H2,1H3,(H,23,28). The molecule has 6 rings (SSSR count). The van der Waals surface area contributed by atoms with Gasteiger partial charge in [0.25, 0.3) is 0 Å². The third-order valence-corrected chi connectivity index (χ3v) is 7.91. The molecule has 5 aliphatic rings. The lowest BCUT2D eigenvalue weighted by molar-refractivity contribution is -0.133. The van der Waals surface area contributed by atoms with Gasteiger partial charge in [-0.15, -0.1) is 0 Å². The summed E-state index contributed by atoms with van der Waals surface area (Å²) in [6, 6.07) is 1.86. The normalized spacial score (nSPS) is 36.8. The van der Waals surface area contributed by atoms with Crippen molar-refractivity contribution in [3.63, 3.8) is 0 Å². The van der Waals surface area contributed by atoms with Crippen molar-refractivity contribution >= 4 is 11.9 Å². The second-order valence-electron chi connectivity index (χ2n) is 10.0. The monoisotopic (exact) mass is 383 g/mol. The minimum atomic E-state index is -0.0149. The van der Waals surface area contributed by atoms with E-state index in [0.717, 1.165) is 70.4 Å². The molecule has 4 atom stereocenters. The van der Waals surface area contributed by atoms with Crippen LogP contribution in [0.1, 0.15) is 45.4 Å². The number of carbonyl (C=O) groups excluding carboxylic acids is 1. The van der Waals surface area contributed by atoms with E-state index in [-0.39, 0.29) is 5.41 Å². The maximum absolute atomic E-state index is 13.1. The second kappa shape index (κ2) is 6.97. The number of hydrogen-bond donors (Lipinski definition) is 1. The maximum Gasteiger partial charge on any atom is 0.226 e. The summed E-state index contributed by atoms with van der Waals surface area (Å²) in [6.45, 7) is 8.32. The van der Waals surface area contributed by atoms with Gasteiger partial charge in [0.05, 0.1) is 5.41 Å². The molecule has 0 aromatic carbocycles. The predicted octanol–water partition coefficient (Wildman–Crippen LogP) is 2.32. The Morgan fingerprint density at radius 3 is 2.71 bits per heavy atom. The molecule has 4 aliphatic carbocycles. The van der Waals surface area contributed by atoms with Gasteiger partial charge in [0.15, 0.2) is 0 Å². The van der Waals surface area contributed by atoms with Crippen molar-refractivity contribution in [2.24, 2.45) is 22.7 Å². The number of rotatable bonds is 6. The van der Waals surface area contributed by atoms with E-state index in [9.17, 15) is 4.79 Å². The fourth-order valence-corrected chi connectivity index (χ4v) is 6.99. The van der Waals surface area contributed by atoms with Gasteiger partial charge in [0, 0.05) is 45.1 Å². The highest BCUT2D eigenvalue weighted by atomic mass is 16.2. The molecule has 4 bridgehead atoms. The Hall–Kier alpha value is -1.69. The fourth-order valence-electron chi connectivity index (χ4n) is 6.99. The molecule has 5 fully saturated rings. The molecule has 1 aromatic rings. The summed E-state index contributed by atoms with van der Waals surface area (Å²) in [6.07, 6.45) is 10.9.